The van der Waals surface area contributed by atoms with E-state index < -0.39 is 0 Å². The van der Waals surface area contributed by atoms with E-state index in [9.17, 15) is 4.79 Å². The normalized spacial score (nSPS) is 23.7. The van der Waals surface area contributed by atoms with E-state index in [-0.39, 0.29) is 5.97 Å². The molecule has 1 heterocycles. The zero-order valence-electron chi connectivity index (χ0n) is 11.2. The SMILES string of the molecule is COC(=O)c1sc(C2CCCC(C)C2)cc1OC. The number of rotatable bonds is 3. The van der Waals surface area contributed by atoms with E-state index >= 15 is 0 Å². The maximum Gasteiger partial charge on any atom is 0.351 e. The fourth-order valence-electron chi connectivity index (χ4n) is 2.67. The standard InChI is InChI=1S/C14H20O3S/c1-9-5-4-6-10(7-9)12-8-11(16-2)13(18-12)14(15)17-3/h8-10H,4-7H2,1-3H3. The summed E-state index contributed by atoms with van der Waals surface area (Å²) in [6.45, 7) is 2.30. The molecule has 18 heavy (non-hydrogen) atoms. The molecule has 0 radical (unpaired) electrons. The van der Waals surface area contributed by atoms with Gasteiger partial charge in [-0.25, -0.2) is 4.79 Å². The summed E-state index contributed by atoms with van der Waals surface area (Å²) >= 11 is 1.53. The first-order chi connectivity index (χ1) is 8.65. The van der Waals surface area contributed by atoms with Gasteiger partial charge in [-0.15, -0.1) is 11.3 Å². The Morgan fingerprint density at radius 2 is 2.17 bits per heavy atom. The van der Waals surface area contributed by atoms with Crippen LogP contribution in [0.15, 0.2) is 6.07 Å². The molecule has 3 nitrogen and oxygen atoms in total. The van der Waals surface area contributed by atoms with Gasteiger partial charge >= 0.3 is 5.97 Å². The van der Waals surface area contributed by atoms with E-state index in [2.05, 4.69) is 6.92 Å². The Bertz CT molecular complexity index is 425. The lowest BCUT2D eigenvalue weighted by atomic mass is 9.82. The van der Waals surface area contributed by atoms with Gasteiger partial charge in [0.1, 0.15) is 5.75 Å². The van der Waals surface area contributed by atoms with E-state index in [1.165, 1.54) is 49.0 Å². The Kier molecular flexibility index (Phi) is 4.27. The maximum atomic E-state index is 11.7. The van der Waals surface area contributed by atoms with Gasteiger partial charge in [0.2, 0.25) is 0 Å². The Morgan fingerprint density at radius 1 is 1.39 bits per heavy atom. The zero-order valence-corrected chi connectivity index (χ0v) is 12.0. The maximum absolute atomic E-state index is 11.7. The highest BCUT2D eigenvalue weighted by Gasteiger charge is 2.25. The minimum absolute atomic E-state index is 0.299. The number of hydrogen-bond acceptors (Lipinski definition) is 4. The van der Waals surface area contributed by atoms with Gasteiger partial charge in [-0.2, -0.15) is 0 Å². The molecule has 1 aromatic rings. The van der Waals surface area contributed by atoms with E-state index in [4.69, 9.17) is 9.47 Å². The molecule has 0 aromatic carbocycles. The van der Waals surface area contributed by atoms with Crippen LogP contribution in [0.1, 0.15) is 53.1 Å². The Hall–Kier alpha value is -1.03. The molecule has 0 bridgehead atoms. The second-order valence-electron chi connectivity index (χ2n) is 5.01. The van der Waals surface area contributed by atoms with E-state index in [1.54, 1.807) is 7.11 Å². The number of methoxy groups -OCH3 is 2. The number of thiophene rings is 1. The van der Waals surface area contributed by atoms with Crippen molar-refractivity contribution in [3.05, 3.63) is 15.8 Å². The van der Waals surface area contributed by atoms with Gasteiger partial charge in [-0.3, -0.25) is 0 Å². The minimum atomic E-state index is -0.299. The van der Waals surface area contributed by atoms with Crippen molar-refractivity contribution in [2.24, 2.45) is 5.92 Å². The molecule has 2 atom stereocenters. The molecule has 0 spiro atoms. The van der Waals surface area contributed by atoms with Gasteiger partial charge in [-0.1, -0.05) is 19.8 Å². The average molecular weight is 268 g/mol. The molecule has 0 aliphatic heterocycles. The first-order valence-corrected chi connectivity index (χ1v) is 7.23. The first-order valence-electron chi connectivity index (χ1n) is 6.41. The van der Waals surface area contributed by atoms with Crippen molar-refractivity contribution in [1.82, 2.24) is 0 Å². The van der Waals surface area contributed by atoms with Crippen molar-refractivity contribution < 1.29 is 14.3 Å². The monoisotopic (exact) mass is 268 g/mol. The highest BCUT2D eigenvalue weighted by atomic mass is 32.1. The largest absolute Gasteiger partial charge is 0.495 e. The predicted molar refractivity (Wildman–Crippen MR) is 72.6 cm³/mol. The van der Waals surface area contributed by atoms with Gasteiger partial charge in [-0.05, 0) is 30.7 Å². The van der Waals surface area contributed by atoms with Gasteiger partial charge in [0.05, 0.1) is 14.2 Å². The van der Waals surface area contributed by atoms with Crippen LogP contribution in [0.4, 0.5) is 0 Å². The molecule has 2 unspecified atom stereocenters. The molecular weight excluding hydrogens is 248 g/mol. The Morgan fingerprint density at radius 3 is 2.78 bits per heavy atom. The molecule has 0 N–H and O–H groups in total. The van der Waals surface area contributed by atoms with Crippen LogP contribution in [0.3, 0.4) is 0 Å². The molecule has 1 aliphatic rings. The molecule has 0 amide bonds. The smallest absolute Gasteiger partial charge is 0.351 e. The average Bonchev–Trinajstić information content (AvgIpc) is 2.82. The summed E-state index contributed by atoms with van der Waals surface area (Å²) in [5.41, 5.74) is 0. The van der Waals surface area contributed by atoms with Crippen molar-refractivity contribution >= 4 is 17.3 Å². The third kappa shape index (κ3) is 2.69. The third-order valence-corrected chi connectivity index (χ3v) is 4.91. The lowest BCUT2D eigenvalue weighted by Crippen LogP contribution is -2.10. The molecule has 4 heteroatoms. The molecule has 1 aromatic heterocycles. The first kappa shape index (κ1) is 13.4. The highest BCUT2D eigenvalue weighted by molar-refractivity contribution is 7.14. The van der Waals surface area contributed by atoms with Gasteiger partial charge in [0, 0.05) is 4.88 Å². The minimum Gasteiger partial charge on any atom is -0.495 e. The number of carbonyl (C=O) groups excluding carboxylic acids is 1. The van der Waals surface area contributed by atoms with Crippen LogP contribution in [0.2, 0.25) is 0 Å². The van der Waals surface area contributed by atoms with Crippen LogP contribution in [0, 0.1) is 5.92 Å². The summed E-state index contributed by atoms with van der Waals surface area (Å²) in [5, 5.41) is 0. The Labute approximate surface area is 112 Å². The van der Waals surface area contributed by atoms with Crippen molar-refractivity contribution in [3.63, 3.8) is 0 Å². The number of hydrogen-bond donors (Lipinski definition) is 0. The van der Waals surface area contributed by atoms with E-state index in [0.29, 0.717) is 16.5 Å². The van der Waals surface area contributed by atoms with Gasteiger partial charge in [0.15, 0.2) is 4.88 Å². The number of esters is 1. The van der Waals surface area contributed by atoms with Crippen molar-refractivity contribution in [3.8, 4) is 5.75 Å². The molecule has 100 valence electrons. The highest BCUT2D eigenvalue weighted by Crippen LogP contribution is 2.42. The quantitative estimate of drug-likeness (QED) is 0.781. The summed E-state index contributed by atoms with van der Waals surface area (Å²) in [4.78, 5) is 13.5. The van der Waals surface area contributed by atoms with Crippen LogP contribution in [0.25, 0.3) is 0 Å². The number of carbonyl (C=O) groups is 1. The molecule has 1 saturated carbocycles. The molecule has 1 fully saturated rings. The topological polar surface area (TPSA) is 35.5 Å². The second kappa shape index (κ2) is 5.74. The summed E-state index contributed by atoms with van der Waals surface area (Å²) < 4.78 is 10.1. The van der Waals surface area contributed by atoms with Crippen molar-refractivity contribution in [2.45, 2.75) is 38.5 Å². The zero-order chi connectivity index (χ0) is 13.1. The summed E-state index contributed by atoms with van der Waals surface area (Å²) in [5.74, 6) is 1.71. The summed E-state index contributed by atoms with van der Waals surface area (Å²) in [7, 11) is 3.01. The lowest BCUT2D eigenvalue weighted by molar-refractivity contribution is 0.0603. The van der Waals surface area contributed by atoms with Crippen LogP contribution in [0.5, 0.6) is 5.75 Å². The third-order valence-electron chi connectivity index (χ3n) is 3.65. The van der Waals surface area contributed by atoms with Crippen molar-refractivity contribution in [1.29, 1.82) is 0 Å². The van der Waals surface area contributed by atoms with Crippen LogP contribution < -0.4 is 4.74 Å². The molecule has 2 rings (SSSR count). The molecule has 0 saturated heterocycles. The molecular formula is C14H20O3S. The second-order valence-corrected chi connectivity index (χ2v) is 6.09. The summed E-state index contributed by atoms with van der Waals surface area (Å²) in [6.07, 6.45) is 5.03. The van der Waals surface area contributed by atoms with Gasteiger partial charge < -0.3 is 9.47 Å². The Balaban J connectivity index is 2.23. The summed E-state index contributed by atoms with van der Waals surface area (Å²) in [6, 6.07) is 2.01. The van der Waals surface area contributed by atoms with E-state index in [1.807, 2.05) is 6.07 Å². The lowest BCUT2D eigenvalue weighted by Gasteiger charge is -2.25. The van der Waals surface area contributed by atoms with E-state index in [0.717, 1.165) is 5.92 Å². The van der Waals surface area contributed by atoms with Crippen LogP contribution in [-0.4, -0.2) is 20.2 Å². The predicted octanol–water partition coefficient (Wildman–Crippen LogP) is 3.84. The number of ether oxygens (including phenoxy) is 2. The van der Waals surface area contributed by atoms with Gasteiger partial charge in [0.25, 0.3) is 0 Å². The fourth-order valence-corrected chi connectivity index (χ4v) is 3.86. The van der Waals surface area contributed by atoms with Crippen LogP contribution in [-0.2, 0) is 4.74 Å². The van der Waals surface area contributed by atoms with Crippen LogP contribution >= 0.6 is 11.3 Å². The fraction of sp³-hybridized carbons (Fsp3) is 0.643. The molecule has 1 aliphatic carbocycles. The van der Waals surface area contributed by atoms with Crippen molar-refractivity contribution in [2.75, 3.05) is 14.2 Å².